The van der Waals surface area contributed by atoms with Gasteiger partial charge in [0, 0.05) is 71.0 Å². The number of Topliss-reactive ketones (excluding diaryl/α,β-unsaturated/α-hetero) is 1. The minimum Gasteiger partial charge on any atom is -0.506 e. The second-order valence-electron chi connectivity index (χ2n) is 10.8. The van der Waals surface area contributed by atoms with Gasteiger partial charge in [-0.05, 0) is 23.6 Å². The fourth-order valence-corrected chi connectivity index (χ4v) is 8.34. The summed E-state index contributed by atoms with van der Waals surface area (Å²) < 4.78 is 54.1. The molecular weight excluding hydrogens is 793 g/mol. The first-order chi connectivity index (χ1) is 23.1. The Hall–Kier alpha value is -4.43. The number of ketones is 1. The van der Waals surface area contributed by atoms with Crippen molar-refractivity contribution in [2.24, 2.45) is 0 Å². The number of rotatable bonds is 5. The molecule has 0 spiro atoms. The Bertz CT molecular complexity index is 2250. The van der Waals surface area contributed by atoms with Crippen LogP contribution in [0.4, 0.5) is 13.2 Å². The summed E-state index contributed by atoms with van der Waals surface area (Å²) in [4.78, 5) is 24.9. The summed E-state index contributed by atoms with van der Waals surface area (Å²) in [6.07, 6.45) is -5.30. The van der Waals surface area contributed by atoms with Crippen molar-refractivity contribution < 1.29 is 66.2 Å². The van der Waals surface area contributed by atoms with E-state index in [2.05, 4.69) is 0 Å². The average Bonchev–Trinajstić information content (AvgIpc) is 3.12. The predicted molar refractivity (Wildman–Crippen MR) is 185 cm³/mol. The van der Waals surface area contributed by atoms with Crippen LogP contribution in [0.3, 0.4) is 0 Å². The molecule has 5 nitrogen and oxygen atoms in total. The SMILES string of the molecule is O=C(c1c(O)c2ccc3ccccc3c2n(-c2ccccc2)c1=O)C(F)(F)F.O=P(c1ccccc1)(c1ccccc1)c1ccccc1.[Tb]. The van der Waals surface area contributed by atoms with Gasteiger partial charge in [-0.15, -0.1) is 0 Å². The standard InChI is InChI=1S/C21H12F3NO3.C18H15OP.Tb/c22-21(23,24)19(27)16-18(26)15-11-10-12-6-4-5-9-14(12)17(15)25(20(16)28)13-7-2-1-3-8-13;19-20(16-10-4-1-5-11-16,17-12-6-2-7-13-17)18-14-8-3-9-15-18;/h1-11,26H;1-15H;. The van der Waals surface area contributed by atoms with Crippen LogP contribution >= 0.6 is 7.14 Å². The minimum absolute atomic E-state index is 0. The summed E-state index contributed by atoms with van der Waals surface area (Å²) in [5.41, 5.74) is -2.01. The number of aromatic hydroxyl groups is 1. The molecule has 1 N–H and O–H groups in total. The molecule has 1 heterocycles. The van der Waals surface area contributed by atoms with E-state index in [1.54, 1.807) is 60.7 Å². The first kappa shape index (κ1) is 35.9. The van der Waals surface area contributed by atoms with Gasteiger partial charge in [-0.2, -0.15) is 13.2 Å². The third-order valence-corrected chi connectivity index (χ3v) is 11.0. The average molecular weight is 821 g/mol. The molecular formula is C39H27F3NO4PTb. The second-order valence-corrected chi connectivity index (χ2v) is 13.6. The van der Waals surface area contributed by atoms with Crippen LogP contribution in [0.15, 0.2) is 163 Å². The molecule has 1 aromatic heterocycles. The smallest absolute Gasteiger partial charge is 0.455 e. The number of fused-ring (bicyclic) bond motifs is 3. The summed E-state index contributed by atoms with van der Waals surface area (Å²) in [6.45, 7) is 0. The molecule has 7 rings (SSSR count). The Labute approximate surface area is 310 Å². The molecule has 0 fully saturated rings. The molecule has 0 aliphatic rings. The monoisotopic (exact) mass is 820 g/mol. The molecule has 0 unspecified atom stereocenters. The number of hydrogen-bond acceptors (Lipinski definition) is 4. The van der Waals surface area contributed by atoms with Crippen molar-refractivity contribution in [1.29, 1.82) is 0 Å². The van der Waals surface area contributed by atoms with E-state index in [0.717, 1.165) is 25.9 Å². The Morgan fingerprint density at radius 2 is 1.02 bits per heavy atom. The van der Waals surface area contributed by atoms with Crippen LogP contribution < -0.4 is 21.5 Å². The molecule has 0 saturated heterocycles. The molecule has 247 valence electrons. The number of para-hydroxylation sites is 1. The molecule has 0 amide bonds. The summed E-state index contributed by atoms with van der Waals surface area (Å²) in [5.74, 6) is -3.35. The van der Waals surface area contributed by atoms with Crippen LogP contribution in [-0.2, 0) is 4.57 Å². The van der Waals surface area contributed by atoms with E-state index < -0.39 is 36.0 Å². The number of carbonyl (C=O) groups is 1. The van der Waals surface area contributed by atoms with Crippen molar-refractivity contribution in [3.63, 3.8) is 0 Å². The quantitative estimate of drug-likeness (QED) is 0.109. The number of halogens is 3. The van der Waals surface area contributed by atoms with Crippen LogP contribution in [0, 0.1) is 38.6 Å². The third kappa shape index (κ3) is 7.02. The number of carbonyl (C=O) groups excluding carboxylic acids is 1. The van der Waals surface area contributed by atoms with Crippen molar-refractivity contribution in [3.05, 3.63) is 174 Å². The number of nitrogens with zero attached hydrogens (tertiary/aromatic N) is 1. The fourth-order valence-electron chi connectivity index (χ4n) is 5.67. The van der Waals surface area contributed by atoms with Gasteiger partial charge in [0.25, 0.3) is 11.3 Å². The second kappa shape index (κ2) is 15.0. The van der Waals surface area contributed by atoms with Crippen molar-refractivity contribution in [2.45, 2.75) is 6.18 Å². The van der Waals surface area contributed by atoms with E-state index in [-0.39, 0.29) is 55.2 Å². The molecule has 0 aliphatic carbocycles. The molecule has 7 aromatic rings. The van der Waals surface area contributed by atoms with E-state index in [9.17, 15) is 32.4 Å². The maximum absolute atomic E-state index is 13.8. The first-order valence-corrected chi connectivity index (χ1v) is 16.6. The normalized spacial score (nSPS) is 11.3. The molecule has 0 aliphatic heterocycles. The van der Waals surface area contributed by atoms with Gasteiger partial charge in [0.15, 0.2) is 7.14 Å². The number of alkyl halides is 3. The maximum Gasteiger partial charge on any atom is 0.455 e. The van der Waals surface area contributed by atoms with Gasteiger partial charge in [-0.1, -0.05) is 140 Å². The van der Waals surface area contributed by atoms with Crippen molar-refractivity contribution in [1.82, 2.24) is 4.57 Å². The van der Waals surface area contributed by atoms with E-state index in [0.29, 0.717) is 5.39 Å². The molecule has 10 heteroatoms. The van der Waals surface area contributed by atoms with Crippen LogP contribution in [0.5, 0.6) is 5.75 Å². The molecule has 0 saturated carbocycles. The molecule has 0 atom stereocenters. The zero-order chi connectivity index (χ0) is 33.9. The number of hydrogen-bond donors (Lipinski definition) is 1. The van der Waals surface area contributed by atoms with Crippen LogP contribution in [0.1, 0.15) is 10.4 Å². The van der Waals surface area contributed by atoms with E-state index in [1.165, 1.54) is 6.07 Å². The van der Waals surface area contributed by atoms with Gasteiger partial charge in [-0.25, -0.2) is 0 Å². The summed E-state index contributed by atoms with van der Waals surface area (Å²) >= 11 is 0. The van der Waals surface area contributed by atoms with Crippen LogP contribution in [0.2, 0.25) is 0 Å². The van der Waals surface area contributed by atoms with Gasteiger partial charge in [0.05, 0.1) is 5.52 Å². The van der Waals surface area contributed by atoms with Gasteiger partial charge in [0.2, 0.25) is 0 Å². The van der Waals surface area contributed by atoms with Gasteiger partial charge < -0.3 is 9.67 Å². The summed E-state index contributed by atoms with van der Waals surface area (Å²) in [7, 11) is -2.78. The number of aromatic nitrogens is 1. The van der Waals surface area contributed by atoms with E-state index >= 15 is 0 Å². The Morgan fingerprint density at radius 1 is 0.592 bits per heavy atom. The van der Waals surface area contributed by atoms with Crippen molar-refractivity contribution in [2.75, 3.05) is 0 Å². The molecule has 1 radical (unpaired) electrons. The molecule has 49 heavy (non-hydrogen) atoms. The third-order valence-electron chi connectivity index (χ3n) is 7.89. The van der Waals surface area contributed by atoms with Crippen molar-refractivity contribution >= 4 is 50.5 Å². The fraction of sp³-hybridized carbons (Fsp3) is 0.0256. The van der Waals surface area contributed by atoms with Crippen molar-refractivity contribution in [3.8, 4) is 11.4 Å². The van der Waals surface area contributed by atoms with Crippen LogP contribution in [-0.4, -0.2) is 21.6 Å². The van der Waals surface area contributed by atoms with Gasteiger partial charge >= 0.3 is 6.18 Å². The predicted octanol–water partition coefficient (Wildman–Crippen LogP) is 7.92. The van der Waals surface area contributed by atoms with E-state index in [4.69, 9.17) is 0 Å². The van der Waals surface area contributed by atoms with Crippen LogP contribution in [0.25, 0.3) is 27.4 Å². The number of benzene rings is 6. The Kier molecular flexibility index (Phi) is 11.0. The molecule has 0 bridgehead atoms. The Balaban J connectivity index is 0.000000197. The topological polar surface area (TPSA) is 76.4 Å². The van der Waals surface area contributed by atoms with Gasteiger partial charge in [-0.3, -0.25) is 14.2 Å². The van der Waals surface area contributed by atoms with E-state index in [1.807, 2.05) is 91.0 Å². The maximum atomic E-state index is 13.8. The summed E-state index contributed by atoms with van der Waals surface area (Å²) in [6, 6.07) is 47.1. The summed E-state index contributed by atoms with van der Waals surface area (Å²) in [5, 5.41) is 14.3. The largest absolute Gasteiger partial charge is 0.506 e. The Morgan fingerprint density at radius 3 is 1.49 bits per heavy atom. The zero-order valence-electron chi connectivity index (χ0n) is 25.5. The molecule has 6 aromatic carbocycles. The van der Waals surface area contributed by atoms with Gasteiger partial charge in [0.1, 0.15) is 11.3 Å². The minimum atomic E-state index is -5.30. The first-order valence-electron chi connectivity index (χ1n) is 14.9. The number of pyridine rings is 1. The zero-order valence-corrected chi connectivity index (χ0v) is 28.6.